The number of halogens is 1. The summed E-state index contributed by atoms with van der Waals surface area (Å²) in [6.07, 6.45) is 2.08. The fraction of sp³-hybridized carbons (Fsp3) is 0.167. The highest BCUT2D eigenvalue weighted by Gasteiger charge is 2.23. The Hall–Kier alpha value is -2.23. The number of rotatable bonds is 5. The molecule has 0 unspecified atom stereocenters. The number of aromatic nitrogens is 1. The van der Waals surface area contributed by atoms with E-state index in [-0.39, 0.29) is 11.9 Å². The van der Waals surface area contributed by atoms with E-state index in [1.54, 1.807) is 41.0 Å². The summed E-state index contributed by atoms with van der Waals surface area (Å²) in [6.45, 7) is 0. The van der Waals surface area contributed by atoms with Crippen molar-refractivity contribution >= 4 is 61.9 Å². The second kappa shape index (κ2) is 7.79. The van der Waals surface area contributed by atoms with Crippen molar-refractivity contribution in [3.05, 3.63) is 51.3 Å². The minimum atomic E-state index is -0.264. The molecule has 1 saturated carbocycles. The fourth-order valence-electron chi connectivity index (χ4n) is 2.33. The number of hydrogen-bond acceptors (Lipinski definition) is 5. The van der Waals surface area contributed by atoms with Crippen LogP contribution in [0.2, 0.25) is 0 Å². The minimum Gasteiger partial charge on any atom is -0.335 e. The van der Waals surface area contributed by atoms with Crippen molar-refractivity contribution in [1.29, 1.82) is 0 Å². The monoisotopic (exact) mass is 462 g/mol. The lowest BCUT2D eigenvalue weighted by atomic mass is 10.2. The topological polar surface area (TPSA) is 83.1 Å². The number of thiophene rings is 1. The van der Waals surface area contributed by atoms with Gasteiger partial charge in [-0.25, -0.2) is 9.78 Å². The number of thiazole rings is 1. The average Bonchev–Trinajstić information content (AvgIpc) is 3.14. The van der Waals surface area contributed by atoms with Crippen LogP contribution in [0, 0.1) is 0 Å². The lowest BCUT2D eigenvalue weighted by Gasteiger charge is -2.08. The van der Waals surface area contributed by atoms with Crippen LogP contribution in [-0.2, 0) is 0 Å². The fourth-order valence-corrected chi connectivity index (χ4v) is 4.64. The summed E-state index contributed by atoms with van der Waals surface area (Å²) in [4.78, 5) is 29.6. The third kappa shape index (κ3) is 4.74. The molecule has 0 atom stereocenters. The maximum Gasteiger partial charge on any atom is 0.319 e. The molecule has 138 valence electrons. The molecule has 2 aromatic heterocycles. The highest BCUT2D eigenvalue weighted by atomic mass is 79.9. The summed E-state index contributed by atoms with van der Waals surface area (Å²) in [5, 5.41) is 13.0. The van der Waals surface area contributed by atoms with Gasteiger partial charge in [0.25, 0.3) is 5.91 Å². The van der Waals surface area contributed by atoms with E-state index >= 15 is 0 Å². The zero-order valence-corrected chi connectivity index (χ0v) is 17.2. The van der Waals surface area contributed by atoms with Crippen LogP contribution in [0.3, 0.4) is 0 Å². The first-order valence-corrected chi connectivity index (χ1v) is 10.8. The molecule has 1 fully saturated rings. The molecular formula is C18H15BrN4O2S2. The van der Waals surface area contributed by atoms with Gasteiger partial charge in [0.2, 0.25) is 0 Å². The van der Waals surface area contributed by atoms with Crippen molar-refractivity contribution < 1.29 is 9.59 Å². The smallest absolute Gasteiger partial charge is 0.319 e. The Morgan fingerprint density at radius 2 is 1.74 bits per heavy atom. The van der Waals surface area contributed by atoms with Crippen LogP contribution in [0.1, 0.15) is 23.3 Å². The Balaban J connectivity index is 1.36. The van der Waals surface area contributed by atoms with Crippen LogP contribution >= 0.6 is 38.6 Å². The van der Waals surface area contributed by atoms with Gasteiger partial charge >= 0.3 is 6.03 Å². The number of carbonyl (C=O) groups is 2. The Labute approximate surface area is 172 Å². The number of amides is 3. The number of carbonyl (C=O) groups excluding carboxylic acids is 2. The van der Waals surface area contributed by atoms with Gasteiger partial charge in [-0.15, -0.1) is 22.7 Å². The van der Waals surface area contributed by atoms with Gasteiger partial charge in [-0.1, -0.05) is 0 Å². The quantitative estimate of drug-likeness (QED) is 0.488. The second-order valence-corrected chi connectivity index (χ2v) is 8.76. The number of urea groups is 1. The van der Waals surface area contributed by atoms with Crippen molar-refractivity contribution in [3.63, 3.8) is 0 Å². The van der Waals surface area contributed by atoms with E-state index in [9.17, 15) is 9.59 Å². The van der Waals surface area contributed by atoms with Crippen LogP contribution in [0.15, 0.2) is 45.6 Å². The van der Waals surface area contributed by atoms with Crippen molar-refractivity contribution in [3.8, 4) is 9.88 Å². The number of benzene rings is 1. The lowest BCUT2D eigenvalue weighted by Crippen LogP contribution is -2.30. The van der Waals surface area contributed by atoms with E-state index in [2.05, 4.69) is 36.9 Å². The molecule has 2 heterocycles. The molecule has 4 rings (SSSR count). The predicted octanol–water partition coefficient (Wildman–Crippen LogP) is 5.17. The molecule has 0 bridgehead atoms. The molecule has 1 aliphatic rings. The summed E-state index contributed by atoms with van der Waals surface area (Å²) in [5.41, 5.74) is 1.69. The first-order valence-electron chi connectivity index (χ1n) is 8.26. The molecule has 1 aliphatic carbocycles. The Morgan fingerprint density at radius 3 is 2.37 bits per heavy atom. The van der Waals surface area contributed by atoms with Gasteiger partial charge in [0.1, 0.15) is 10.7 Å². The second-order valence-electron chi connectivity index (χ2n) is 6.07. The van der Waals surface area contributed by atoms with E-state index in [0.717, 1.165) is 27.2 Å². The van der Waals surface area contributed by atoms with Crippen molar-refractivity contribution in [1.82, 2.24) is 10.3 Å². The van der Waals surface area contributed by atoms with E-state index < -0.39 is 0 Å². The number of nitrogens with zero attached hydrogens (tertiary/aromatic N) is 1. The number of nitrogens with one attached hydrogen (secondary N) is 3. The maximum atomic E-state index is 12.4. The van der Waals surface area contributed by atoms with Crippen molar-refractivity contribution in [2.24, 2.45) is 0 Å². The van der Waals surface area contributed by atoms with Crippen molar-refractivity contribution in [2.75, 3.05) is 10.6 Å². The minimum absolute atomic E-state index is 0.204. The highest BCUT2D eigenvalue weighted by molar-refractivity contribution is 9.10. The average molecular weight is 463 g/mol. The molecule has 27 heavy (non-hydrogen) atoms. The first kappa shape index (κ1) is 18.1. The molecule has 0 saturated heterocycles. The molecular weight excluding hydrogens is 448 g/mol. The molecule has 0 radical (unpaired) electrons. The van der Waals surface area contributed by atoms with E-state index in [4.69, 9.17) is 0 Å². The lowest BCUT2D eigenvalue weighted by molar-refractivity contribution is 0.102. The van der Waals surface area contributed by atoms with E-state index in [1.165, 1.54) is 11.3 Å². The molecule has 0 aliphatic heterocycles. The molecule has 3 aromatic rings. The molecule has 3 N–H and O–H groups in total. The number of anilines is 2. The third-order valence-corrected chi connectivity index (χ3v) is 6.53. The first-order chi connectivity index (χ1) is 13.1. The van der Waals surface area contributed by atoms with E-state index in [1.807, 2.05) is 11.4 Å². The zero-order valence-electron chi connectivity index (χ0n) is 14.0. The molecule has 0 spiro atoms. The Bertz CT molecular complexity index is 979. The third-order valence-electron chi connectivity index (χ3n) is 3.83. The van der Waals surface area contributed by atoms with Crippen LogP contribution in [-0.4, -0.2) is 23.0 Å². The van der Waals surface area contributed by atoms with Gasteiger partial charge in [0.15, 0.2) is 0 Å². The molecule has 6 nitrogen and oxygen atoms in total. The summed E-state index contributed by atoms with van der Waals surface area (Å²) in [5.74, 6) is -0.264. The van der Waals surface area contributed by atoms with Crippen LogP contribution < -0.4 is 16.0 Å². The van der Waals surface area contributed by atoms with Crippen LogP contribution in [0.25, 0.3) is 9.88 Å². The Morgan fingerprint density at radius 1 is 1.04 bits per heavy atom. The highest BCUT2D eigenvalue weighted by Crippen LogP contribution is 2.32. The molecule has 9 heteroatoms. The summed E-state index contributed by atoms with van der Waals surface area (Å²) in [7, 11) is 0. The van der Waals surface area contributed by atoms with Crippen LogP contribution in [0.5, 0.6) is 0 Å². The summed E-state index contributed by atoms with van der Waals surface area (Å²) < 4.78 is 1.00. The van der Waals surface area contributed by atoms with Crippen LogP contribution in [0.4, 0.5) is 16.2 Å². The van der Waals surface area contributed by atoms with Gasteiger partial charge in [0, 0.05) is 32.6 Å². The zero-order chi connectivity index (χ0) is 18.8. The van der Waals surface area contributed by atoms with Gasteiger partial charge in [0.05, 0.1) is 4.88 Å². The van der Waals surface area contributed by atoms with Gasteiger partial charge < -0.3 is 16.0 Å². The summed E-state index contributed by atoms with van der Waals surface area (Å²) in [6, 6.07) is 9.07. The standard InChI is InChI=1S/C18H15BrN4O2S2/c19-10-7-15(26-8-10)17-23-14(9-27-17)16(24)20-11-1-3-12(4-2-11)21-18(25)22-13-5-6-13/h1-4,7-9,13H,5-6H2,(H,20,24)(H2,21,22,25). The molecule has 3 amide bonds. The molecule has 1 aromatic carbocycles. The SMILES string of the molecule is O=C(Nc1ccc(NC(=O)c2csc(-c3cc(Br)cs3)n2)cc1)NC1CC1. The Kier molecular flexibility index (Phi) is 5.24. The van der Waals surface area contributed by atoms with E-state index in [0.29, 0.717) is 23.1 Å². The normalized spacial score (nSPS) is 13.2. The number of hydrogen-bond donors (Lipinski definition) is 3. The van der Waals surface area contributed by atoms with Gasteiger partial charge in [-0.05, 0) is 59.1 Å². The van der Waals surface area contributed by atoms with Gasteiger partial charge in [-0.2, -0.15) is 0 Å². The predicted molar refractivity (Wildman–Crippen MR) is 113 cm³/mol. The maximum absolute atomic E-state index is 12.4. The van der Waals surface area contributed by atoms with Gasteiger partial charge in [-0.3, -0.25) is 4.79 Å². The van der Waals surface area contributed by atoms with Crippen molar-refractivity contribution in [2.45, 2.75) is 18.9 Å². The summed E-state index contributed by atoms with van der Waals surface area (Å²) >= 11 is 6.43. The largest absolute Gasteiger partial charge is 0.335 e.